The number of nitrogens with one attached hydrogen (secondary N) is 1. The van der Waals surface area contributed by atoms with Gasteiger partial charge in [-0.1, -0.05) is 12.2 Å². The highest BCUT2D eigenvalue weighted by atomic mass is 32.2. The van der Waals surface area contributed by atoms with Gasteiger partial charge in [0.05, 0.1) is 25.9 Å². The van der Waals surface area contributed by atoms with Crippen molar-refractivity contribution in [3.05, 3.63) is 30.0 Å². The quantitative estimate of drug-likeness (QED) is 0.578. The first-order valence-electron chi connectivity index (χ1n) is 9.07. The molecule has 2 heterocycles. The highest BCUT2D eigenvalue weighted by molar-refractivity contribution is 7.89. The first kappa shape index (κ1) is 19.8. The number of sulfonamides is 1. The van der Waals surface area contributed by atoms with Gasteiger partial charge in [0.25, 0.3) is 0 Å². The lowest BCUT2D eigenvalue weighted by Crippen LogP contribution is -2.41. The molecular weight excluding hydrogens is 370 g/mol. The molecular formula is C18H25N3O5S. The molecule has 1 saturated heterocycles. The standard InChI is InChI=1S/C18H25N3O5S/c1-25-18(22)15-11-16(27(23,24)21-7-9-26-10-8-21)17(20-13-15)19-12-14-5-3-2-4-6-14/h2-3,11,13-14H,4-10,12H2,1H3,(H,19,20)/t14-/m1/s1. The molecule has 0 unspecified atom stereocenters. The van der Waals surface area contributed by atoms with Crippen LogP contribution in [0.3, 0.4) is 0 Å². The van der Waals surface area contributed by atoms with E-state index in [9.17, 15) is 13.2 Å². The second-order valence-electron chi connectivity index (χ2n) is 6.61. The van der Waals surface area contributed by atoms with Crippen molar-refractivity contribution in [1.82, 2.24) is 9.29 Å². The Bertz CT molecular complexity index is 803. The second kappa shape index (κ2) is 8.81. The molecule has 1 N–H and O–H groups in total. The van der Waals surface area contributed by atoms with Crippen molar-refractivity contribution in [2.75, 3.05) is 45.3 Å². The van der Waals surface area contributed by atoms with E-state index in [1.165, 1.54) is 23.7 Å². The molecule has 9 heteroatoms. The Morgan fingerprint density at radius 2 is 2.15 bits per heavy atom. The third kappa shape index (κ3) is 4.66. The van der Waals surface area contributed by atoms with Gasteiger partial charge < -0.3 is 14.8 Å². The van der Waals surface area contributed by atoms with E-state index >= 15 is 0 Å². The number of nitrogens with zero attached hydrogens (tertiary/aromatic N) is 2. The minimum Gasteiger partial charge on any atom is -0.465 e. The van der Waals surface area contributed by atoms with Crippen LogP contribution in [0.15, 0.2) is 29.3 Å². The third-order valence-corrected chi connectivity index (χ3v) is 6.71. The molecule has 0 spiro atoms. The van der Waals surface area contributed by atoms with Crippen LogP contribution in [0.4, 0.5) is 5.82 Å². The third-order valence-electron chi connectivity index (χ3n) is 4.80. The van der Waals surface area contributed by atoms with E-state index in [-0.39, 0.29) is 29.4 Å². The Hall–Kier alpha value is -1.97. The highest BCUT2D eigenvalue weighted by Gasteiger charge is 2.30. The average molecular weight is 395 g/mol. The van der Waals surface area contributed by atoms with Gasteiger partial charge >= 0.3 is 5.97 Å². The molecule has 0 saturated carbocycles. The Morgan fingerprint density at radius 1 is 1.37 bits per heavy atom. The SMILES string of the molecule is COC(=O)c1cnc(NC[C@@H]2CC=CCC2)c(S(=O)(=O)N2CCOCC2)c1. The summed E-state index contributed by atoms with van der Waals surface area (Å²) in [4.78, 5) is 16.1. The lowest BCUT2D eigenvalue weighted by atomic mass is 9.94. The number of pyridine rings is 1. The number of hydrogen-bond acceptors (Lipinski definition) is 7. The van der Waals surface area contributed by atoms with E-state index < -0.39 is 16.0 Å². The molecule has 0 radical (unpaired) electrons. The lowest BCUT2D eigenvalue weighted by Gasteiger charge is -2.27. The zero-order valence-electron chi connectivity index (χ0n) is 15.4. The highest BCUT2D eigenvalue weighted by Crippen LogP contribution is 2.26. The molecule has 148 valence electrons. The van der Waals surface area contributed by atoms with E-state index in [4.69, 9.17) is 9.47 Å². The molecule has 0 aromatic carbocycles. The summed E-state index contributed by atoms with van der Waals surface area (Å²) < 4.78 is 37.6. The van der Waals surface area contributed by atoms with Crippen LogP contribution in [0, 0.1) is 5.92 Å². The van der Waals surface area contributed by atoms with Gasteiger partial charge in [0.15, 0.2) is 0 Å². The van der Waals surface area contributed by atoms with Gasteiger partial charge in [0.1, 0.15) is 10.7 Å². The zero-order chi connectivity index (χ0) is 19.3. The largest absolute Gasteiger partial charge is 0.465 e. The van der Waals surface area contributed by atoms with Gasteiger partial charge in [-0.3, -0.25) is 0 Å². The summed E-state index contributed by atoms with van der Waals surface area (Å²) in [5.41, 5.74) is 0.107. The number of methoxy groups -OCH3 is 1. The van der Waals surface area contributed by atoms with Crippen LogP contribution in [0.2, 0.25) is 0 Å². The smallest absolute Gasteiger partial charge is 0.339 e. The molecule has 1 aromatic heterocycles. The van der Waals surface area contributed by atoms with Crippen molar-refractivity contribution in [2.45, 2.75) is 24.2 Å². The van der Waals surface area contributed by atoms with E-state index in [2.05, 4.69) is 22.5 Å². The van der Waals surface area contributed by atoms with Crippen molar-refractivity contribution in [1.29, 1.82) is 0 Å². The van der Waals surface area contributed by atoms with E-state index in [1.54, 1.807) is 0 Å². The first-order valence-corrected chi connectivity index (χ1v) is 10.5. The summed E-state index contributed by atoms with van der Waals surface area (Å²) in [5.74, 6) is 0.0737. The van der Waals surface area contributed by atoms with Gasteiger partial charge in [-0.2, -0.15) is 4.31 Å². The van der Waals surface area contributed by atoms with Crippen molar-refractivity contribution >= 4 is 21.8 Å². The molecule has 1 atom stereocenters. The number of allylic oxidation sites excluding steroid dienone is 2. The van der Waals surface area contributed by atoms with Crippen LogP contribution in [0.5, 0.6) is 0 Å². The molecule has 1 fully saturated rings. The average Bonchev–Trinajstić information content (AvgIpc) is 2.73. The molecule has 1 aliphatic carbocycles. The molecule has 2 aliphatic rings. The lowest BCUT2D eigenvalue weighted by molar-refractivity contribution is 0.0600. The van der Waals surface area contributed by atoms with Crippen molar-refractivity contribution in [3.8, 4) is 0 Å². The number of rotatable bonds is 6. The van der Waals surface area contributed by atoms with Crippen LogP contribution in [-0.4, -0.2) is 63.6 Å². The molecule has 27 heavy (non-hydrogen) atoms. The Balaban J connectivity index is 1.89. The number of esters is 1. The van der Waals surface area contributed by atoms with E-state index in [0.717, 1.165) is 19.3 Å². The summed E-state index contributed by atoms with van der Waals surface area (Å²) in [6, 6.07) is 1.34. The van der Waals surface area contributed by atoms with Crippen LogP contribution in [-0.2, 0) is 19.5 Å². The monoisotopic (exact) mass is 395 g/mol. The number of ether oxygens (including phenoxy) is 2. The summed E-state index contributed by atoms with van der Waals surface area (Å²) in [6.07, 6.45) is 8.69. The molecule has 3 rings (SSSR count). The van der Waals surface area contributed by atoms with Gasteiger partial charge in [0, 0.05) is 25.8 Å². The summed E-state index contributed by atoms with van der Waals surface area (Å²) in [5, 5.41) is 3.18. The Morgan fingerprint density at radius 3 is 2.81 bits per heavy atom. The molecule has 0 amide bonds. The van der Waals surface area contributed by atoms with Crippen molar-refractivity contribution < 1.29 is 22.7 Å². The summed E-state index contributed by atoms with van der Waals surface area (Å²) >= 11 is 0. The number of carbonyl (C=O) groups is 1. The first-order chi connectivity index (χ1) is 13.0. The molecule has 8 nitrogen and oxygen atoms in total. The summed E-state index contributed by atoms with van der Waals surface area (Å²) in [7, 11) is -2.55. The van der Waals surface area contributed by atoms with Crippen molar-refractivity contribution in [2.24, 2.45) is 5.92 Å². The van der Waals surface area contributed by atoms with Crippen molar-refractivity contribution in [3.63, 3.8) is 0 Å². The fourth-order valence-electron chi connectivity index (χ4n) is 3.21. The number of hydrogen-bond donors (Lipinski definition) is 1. The Labute approximate surface area is 159 Å². The Kier molecular flexibility index (Phi) is 6.46. The zero-order valence-corrected chi connectivity index (χ0v) is 16.2. The number of aromatic nitrogens is 1. The van der Waals surface area contributed by atoms with Gasteiger partial charge in [-0.05, 0) is 31.2 Å². The predicted octanol–water partition coefficient (Wildman–Crippen LogP) is 1.66. The van der Waals surface area contributed by atoms with Crippen LogP contribution < -0.4 is 5.32 Å². The fraction of sp³-hybridized carbons (Fsp3) is 0.556. The van der Waals surface area contributed by atoms with Crippen LogP contribution in [0.25, 0.3) is 0 Å². The summed E-state index contributed by atoms with van der Waals surface area (Å²) in [6.45, 7) is 1.87. The number of carbonyl (C=O) groups excluding carboxylic acids is 1. The maximum atomic E-state index is 13.1. The van der Waals surface area contributed by atoms with Gasteiger partial charge in [-0.25, -0.2) is 18.2 Å². The van der Waals surface area contributed by atoms with E-state index in [0.29, 0.717) is 25.7 Å². The normalized spacial score (nSPS) is 21.0. The van der Waals surface area contributed by atoms with Crippen LogP contribution in [0.1, 0.15) is 29.6 Å². The minimum absolute atomic E-state index is 0.00125. The molecule has 0 bridgehead atoms. The minimum atomic E-state index is -3.80. The molecule has 1 aromatic rings. The number of anilines is 1. The van der Waals surface area contributed by atoms with E-state index in [1.807, 2.05) is 0 Å². The predicted molar refractivity (Wildman–Crippen MR) is 100 cm³/mol. The van der Waals surface area contributed by atoms with Gasteiger partial charge in [-0.15, -0.1) is 0 Å². The number of morpholine rings is 1. The van der Waals surface area contributed by atoms with Crippen LogP contribution >= 0.6 is 0 Å². The van der Waals surface area contributed by atoms with Gasteiger partial charge in [0.2, 0.25) is 10.0 Å². The fourth-order valence-corrected chi connectivity index (χ4v) is 4.77. The molecule has 1 aliphatic heterocycles. The topological polar surface area (TPSA) is 97.8 Å². The second-order valence-corrected chi connectivity index (χ2v) is 8.52. The maximum Gasteiger partial charge on any atom is 0.339 e. The maximum absolute atomic E-state index is 13.1.